The van der Waals surface area contributed by atoms with Gasteiger partial charge in [-0.1, -0.05) is 6.92 Å². The first kappa shape index (κ1) is 8.70. The highest BCUT2D eigenvalue weighted by Gasteiger charge is 2.15. The van der Waals surface area contributed by atoms with Crippen LogP contribution in [0.5, 0.6) is 0 Å². The van der Waals surface area contributed by atoms with Crippen molar-refractivity contribution in [2.45, 2.75) is 20.4 Å². The normalized spacial score (nSPS) is 10.2. The van der Waals surface area contributed by atoms with Crippen molar-refractivity contribution < 1.29 is 4.92 Å². The van der Waals surface area contributed by atoms with Gasteiger partial charge in [0.05, 0.1) is 6.54 Å². The van der Waals surface area contributed by atoms with Crippen molar-refractivity contribution in [3.05, 3.63) is 28.6 Å². The van der Waals surface area contributed by atoms with E-state index in [4.69, 9.17) is 0 Å². The van der Waals surface area contributed by atoms with Crippen LogP contribution >= 0.6 is 0 Å². The molecule has 12 heavy (non-hydrogen) atoms. The smallest absolute Gasteiger partial charge is 0.342 e. The van der Waals surface area contributed by atoms with E-state index in [1.165, 1.54) is 6.20 Å². The molecule has 0 saturated heterocycles. The monoisotopic (exact) mass is 168 g/mol. The molecule has 0 spiro atoms. The second-order valence-corrected chi connectivity index (χ2v) is 2.44. The van der Waals surface area contributed by atoms with E-state index in [1.54, 1.807) is 11.5 Å². The SMILES string of the molecule is C[CH]Cn1c([N+](=O)[O-])cnc1C. The molecule has 1 radical (unpaired) electrons. The molecule has 65 valence electrons. The molecule has 0 aliphatic rings. The van der Waals surface area contributed by atoms with Crippen LogP contribution in [0.1, 0.15) is 12.7 Å². The second kappa shape index (κ2) is 3.34. The van der Waals surface area contributed by atoms with E-state index >= 15 is 0 Å². The van der Waals surface area contributed by atoms with Crippen molar-refractivity contribution in [2.75, 3.05) is 0 Å². The fourth-order valence-electron chi connectivity index (χ4n) is 1.01. The average Bonchev–Trinajstić information content (AvgIpc) is 2.34. The molecule has 1 rings (SSSR count). The highest BCUT2D eigenvalue weighted by molar-refractivity contribution is 5.18. The Kier molecular flexibility index (Phi) is 2.42. The predicted octanol–water partition coefficient (Wildman–Crippen LogP) is 1.32. The first-order valence-corrected chi connectivity index (χ1v) is 3.61. The summed E-state index contributed by atoms with van der Waals surface area (Å²) in [5.41, 5.74) is 0. The molecule has 0 aromatic carbocycles. The Hall–Kier alpha value is -1.39. The lowest BCUT2D eigenvalue weighted by atomic mass is 10.4. The van der Waals surface area contributed by atoms with Crippen LogP contribution in [-0.4, -0.2) is 14.5 Å². The zero-order valence-corrected chi connectivity index (χ0v) is 7.02. The van der Waals surface area contributed by atoms with Crippen LogP contribution in [0, 0.1) is 23.5 Å². The maximum atomic E-state index is 10.4. The van der Waals surface area contributed by atoms with Gasteiger partial charge in [0, 0.05) is 13.3 Å². The number of aromatic nitrogens is 2. The summed E-state index contributed by atoms with van der Waals surface area (Å²) in [5.74, 6) is 0.713. The van der Waals surface area contributed by atoms with Crippen LogP contribution in [0.2, 0.25) is 0 Å². The van der Waals surface area contributed by atoms with Crippen LogP contribution in [0.15, 0.2) is 6.20 Å². The summed E-state index contributed by atoms with van der Waals surface area (Å²) in [6.45, 7) is 4.13. The van der Waals surface area contributed by atoms with Crippen LogP contribution in [-0.2, 0) is 6.54 Å². The molecule has 0 bridgehead atoms. The third-order valence-electron chi connectivity index (χ3n) is 1.59. The lowest BCUT2D eigenvalue weighted by Gasteiger charge is -1.98. The lowest BCUT2D eigenvalue weighted by Crippen LogP contribution is -2.04. The minimum Gasteiger partial charge on any atom is -0.358 e. The molecule has 0 N–H and O–H groups in total. The van der Waals surface area contributed by atoms with E-state index in [0.717, 1.165) is 0 Å². The zero-order valence-electron chi connectivity index (χ0n) is 7.02. The molecule has 5 heteroatoms. The maximum Gasteiger partial charge on any atom is 0.342 e. The Morgan fingerprint density at radius 1 is 1.83 bits per heavy atom. The van der Waals surface area contributed by atoms with Crippen LogP contribution in [0.4, 0.5) is 5.82 Å². The first-order valence-electron chi connectivity index (χ1n) is 3.61. The van der Waals surface area contributed by atoms with Crippen LogP contribution in [0.3, 0.4) is 0 Å². The van der Waals surface area contributed by atoms with Gasteiger partial charge in [-0.25, -0.2) is 9.55 Å². The van der Waals surface area contributed by atoms with Gasteiger partial charge in [-0.05, 0) is 4.92 Å². The molecule has 1 aromatic rings. The van der Waals surface area contributed by atoms with Crippen LogP contribution < -0.4 is 0 Å². The summed E-state index contributed by atoms with van der Waals surface area (Å²) in [6.07, 6.45) is 3.13. The minimum atomic E-state index is -0.427. The Bertz CT molecular complexity index is 293. The van der Waals surface area contributed by atoms with Gasteiger partial charge < -0.3 is 10.1 Å². The third-order valence-corrected chi connectivity index (χ3v) is 1.59. The van der Waals surface area contributed by atoms with Crippen molar-refractivity contribution in [3.63, 3.8) is 0 Å². The maximum absolute atomic E-state index is 10.4. The number of nitrogens with zero attached hydrogens (tertiary/aromatic N) is 3. The lowest BCUT2D eigenvalue weighted by molar-refractivity contribution is -0.392. The molecule has 5 nitrogen and oxygen atoms in total. The van der Waals surface area contributed by atoms with Crippen molar-refractivity contribution in [1.29, 1.82) is 0 Å². The molecule has 0 unspecified atom stereocenters. The van der Waals surface area contributed by atoms with E-state index in [9.17, 15) is 10.1 Å². The van der Waals surface area contributed by atoms with Gasteiger partial charge >= 0.3 is 5.82 Å². The predicted molar refractivity (Wildman–Crippen MR) is 43.6 cm³/mol. The number of rotatable bonds is 3. The summed E-state index contributed by atoms with van der Waals surface area (Å²) < 4.78 is 1.56. The second-order valence-electron chi connectivity index (χ2n) is 2.44. The first-order chi connectivity index (χ1) is 5.66. The fraction of sp³-hybridized carbons (Fsp3) is 0.429. The van der Waals surface area contributed by atoms with Gasteiger partial charge in [0.15, 0.2) is 5.82 Å². The molecular weight excluding hydrogens is 158 g/mol. The van der Waals surface area contributed by atoms with Gasteiger partial charge in [0.2, 0.25) is 0 Å². The summed E-state index contributed by atoms with van der Waals surface area (Å²) in [4.78, 5) is 13.9. The highest BCUT2D eigenvalue weighted by atomic mass is 16.6. The molecule has 0 aliphatic carbocycles. The van der Waals surface area contributed by atoms with Crippen molar-refractivity contribution in [2.24, 2.45) is 0 Å². The van der Waals surface area contributed by atoms with Crippen molar-refractivity contribution in [3.8, 4) is 0 Å². The number of imidazole rings is 1. The van der Waals surface area contributed by atoms with E-state index < -0.39 is 4.92 Å². The van der Waals surface area contributed by atoms with Crippen molar-refractivity contribution in [1.82, 2.24) is 9.55 Å². The fourth-order valence-corrected chi connectivity index (χ4v) is 1.01. The van der Waals surface area contributed by atoms with E-state index in [1.807, 2.05) is 13.3 Å². The van der Waals surface area contributed by atoms with E-state index in [2.05, 4.69) is 4.98 Å². The molecule has 0 saturated carbocycles. The molecule has 1 heterocycles. The molecule has 1 aromatic heterocycles. The summed E-state index contributed by atoms with van der Waals surface area (Å²) >= 11 is 0. The van der Waals surface area contributed by atoms with Gasteiger partial charge in [-0.2, -0.15) is 0 Å². The Balaban J connectivity index is 3.03. The molecule has 0 atom stereocenters. The highest BCUT2D eigenvalue weighted by Crippen LogP contribution is 2.13. The number of hydrogen-bond donors (Lipinski definition) is 0. The Labute approximate surface area is 70.2 Å². The zero-order chi connectivity index (χ0) is 9.14. The molecule has 0 amide bonds. The molecular formula is C7H10N3O2. The topological polar surface area (TPSA) is 61.0 Å². The summed E-state index contributed by atoms with van der Waals surface area (Å²) in [7, 11) is 0. The van der Waals surface area contributed by atoms with Gasteiger partial charge in [0.25, 0.3) is 0 Å². The summed E-state index contributed by atoms with van der Waals surface area (Å²) in [5, 5.41) is 10.4. The third kappa shape index (κ3) is 1.44. The largest absolute Gasteiger partial charge is 0.358 e. The van der Waals surface area contributed by atoms with Gasteiger partial charge in [0.1, 0.15) is 6.20 Å². The van der Waals surface area contributed by atoms with Gasteiger partial charge in [-0.15, -0.1) is 0 Å². The van der Waals surface area contributed by atoms with E-state index in [-0.39, 0.29) is 5.82 Å². The Morgan fingerprint density at radius 3 is 3.00 bits per heavy atom. The molecule has 0 aliphatic heterocycles. The quantitative estimate of drug-likeness (QED) is 0.505. The minimum absolute atomic E-state index is 0.0469. The number of hydrogen-bond acceptors (Lipinski definition) is 3. The van der Waals surface area contributed by atoms with Gasteiger partial charge in [-0.3, -0.25) is 0 Å². The van der Waals surface area contributed by atoms with Crippen molar-refractivity contribution >= 4 is 5.82 Å². The van der Waals surface area contributed by atoms with Crippen LogP contribution in [0.25, 0.3) is 0 Å². The average molecular weight is 168 g/mol. The summed E-state index contributed by atoms with van der Waals surface area (Å²) in [6, 6.07) is 0. The molecule has 0 fully saturated rings. The number of nitro groups is 1. The standard InChI is InChI=1S/C7H10N3O2/c1-3-4-9-6(2)8-5-7(9)10(11)12/h3,5H,4H2,1-2H3. The Morgan fingerprint density at radius 2 is 2.50 bits per heavy atom. The number of aryl methyl sites for hydroxylation is 1. The van der Waals surface area contributed by atoms with E-state index in [0.29, 0.717) is 12.4 Å².